The Hall–Kier alpha value is -4.03. The zero-order chi connectivity index (χ0) is 26.1. The number of aromatic nitrogens is 1. The molecule has 13 heteroatoms. The Morgan fingerprint density at radius 1 is 1.06 bits per heavy atom. The largest absolute Gasteiger partial charge is 0.573 e. The highest BCUT2D eigenvalue weighted by atomic mass is 19.4. The van der Waals surface area contributed by atoms with Crippen molar-refractivity contribution in [3.05, 3.63) is 81.4 Å². The SMILES string of the molecule is Cn1c(-c2cc(F)cc(C(F)(F)F)c2)cc(C(=O)NCc2cccc(OC(F)(F)F)c2)c(O)c1=O. The van der Waals surface area contributed by atoms with E-state index in [1.165, 1.54) is 12.1 Å². The highest BCUT2D eigenvalue weighted by molar-refractivity contribution is 5.97. The summed E-state index contributed by atoms with van der Waals surface area (Å²) in [4.78, 5) is 25.0. The summed E-state index contributed by atoms with van der Waals surface area (Å²) in [5.74, 6) is -3.89. The number of pyridine rings is 1. The maximum atomic E-state index is 13.9. The molecule has 1 amide bonds. The quantitative estimate of drug-likeness (QED) is 0.492. The van der Waals surface area contributed by atoms with Crippen molar-refractivity contribution in [3.8, 4) is 22.8 Å². The summed E-state index contributed by atoms with van der Waals surface area (Å²) < 4.78 is 94.8. The van der Waals surface area contributed by atoms with Gasteiger partial charge in [-0.3, -0.25) is 9.59 Å². The van der Waals surface area contributed by atoms with Gasteiger partial charge in [0.25, 0.3) is 11.5 Å². The van der Waals surface area contributed by atoms with Crippen LogP contribution in [0.2, 0.25) is 0 Å². The Labute approximate surface area is 192 Å². The van der Waals surface area contributed by atoms with Gasteiger partial charge in [0.2, 0.25) is 0 Å². The number of halogens is 7. The van der Waals surface area contributed by atoms with Crippen molar-refractivity contribution in [1.82, 2.24) is 9.88 Å². The number of carbonyl (C=O) groups excluding carboxylic acids is 1. The molecule has 6 nitrogen and oxygen atoms in total. The highest BCUT2D eigenvalue weighted by Crippen LogP contribution is 2.33. The number of hydrogen-bond donors (Lipinski definition) is 2. The number of aromatic hydroxyl groups is 1. The zero-order valence-electron chi connectivity index (χ0n) is 17.6. The maximum absolute atomic E-state index is 13.9. The standard InChI is InChI=1S/C22H15F7N2O4/c1-31-17(12-6-13(21(24,25)26)8-14(23)7-12)9-16(18(32)20(31)34)19(33)30-10-11-3-2-4-15(5-11)35-22(27,28)29/h2-9,32H,10H2,1H3,(H,30,33). The average Bonchev–Trinajstić information content (AvgIpc) is 2.74. The monoisotopic (exact) mass is 504 g/mol. The van der Waals surface area contributed by atoms with Crippen molar-refractivity contribution in [2.45, 2.75) is 19.1 Å². The molecule has 0 aliphatic rings. The van der Waals surface area contributed by atoms with Crippen molar-refractivity contribution in [2.24, 2.45) is 7.05 Å². The predicted molar refractivity (Wildman–Crippen MR) is 108 cm³/mol. The molecule has 0 aliphatic carbocycles. The number of rotatable bonds is 5. The van der Waals surface area contributed by atoms with Gasteiger partial charge in [-0.25, -0.2) is 4.39 Å². The molecule has 0 spiro atoms. The minimum Gasteiger partial charge on any atom is -0.502 e. The molecule has 0 aliphatic heterocycles. The molecule has 1 aromatic heterocycles. The Balaban J connectivity index is 1.93. The smallest absolute Gasteiger partial charge is 0.502 e. The summed E-state index contributed by atoms with van der Waals surface area (Å²) in [6, 6.07) is 7.07. The van der Waals surface area contributed by atoms with E-state index < -0.39 is 52.4 Å². The third-order valence-electron chi connectivity index (χ3n) is 4.76. The van der Waals surface area contributed by atoms with E-state index in [0.717, 1.165) is 35.9 Å². The zero-order valence-corrected chi connectivity index (χ0v) is 17.6. The molecule has 2 N–H and O–H groups in total. The lowest BCUT2D eigenvalue weighted by atomic mass is 10.0. The summed E-state index contributed by atoms with van der Waals surface area (Å²) in [5, 5.41) is 12.4. The first kappa shape index (κ1) is 25.6. The second-order valence-electron chi connectivity index (χ2n) is 7.26. The minimum atomic E-state index is -4.93. The molecule has 3 rings (SSSR count). The number of amides is 1. The van der Waals surface area contributed by atoms with Crippen molar-refractivity contribution >= 4 is 5.91 Å². The second kappa shape index (κ2) is 9.31. The third-order valence-corrected chi connectivity index (χ3v) is 4.76. The van der Waals surface area contributed by atoms with Crippen LogP contribution in [0.3, 0.4) is 0 Å². The van der Waals surface area contributed by atoms with Crippen LogP contribution in [0.5, 0.6) is 11.5 Å². The molecular formula is C22H15F7N2O4. The fourth-order valence-corrected chi connectivity index (χ4v) is 3.17. The Morgan fingerprint density at radius 3 is 2.37 bits per heavy atom. The molecule has 0 saturated heterocycles. The lowest BCUT2D eigenvalue weighted by Crippen LogP contribution is -2.27. The van der Waals surface area contributed by atoms with Crippen LogP contribution in [-0.4, -0.2) is 21.9 Å². The van der Waals surface area contributed by atoms with Crippen LogP contribution < -0.4 is 15.6 Å². The van der Waals surface area contributed by atoms with Crippen LogP contribution in [0.1, 0.15) is 21.5 Å². The molecule has 0 unspecified atom stereocenters. The van der Waals surface area contributed by atoms with Gasteiger partial charge >= 0.3 is 12.5 Å². The van der Waals surface area contributed by atoms with Gasteiger partial charge in [0.15, 0.2) is 5.75 Å². The molecule has 186 valence electrons. The Kier molecular flexibility index (Phi) is 6.81. The molecule has 0 bridgehead atoms. The summed E-state index contributed by atoms with van der Waals surface area (Å²) in [6.45, 7) is -0.351. The fraction of sp³-hybridized carbons (Fsp3) is 0.182. The van der Waals surface area contributed by atoms with Gasteiger partial charge < -0.3 is 19.7 Å². The van der Waals surface area contributed by atoms with Crippen molar-refractivity contribution in [1.29, 1.82) is 0 Å². The number of carbonyl (C=O) groups is 1. The predicted octanol–water partition coefficient (Wildman–Crippen LogP) is 4.74. The van der Waals surface area contributed by atoms with Gasteiger partial charge in [-0.05, 0) is 42.0 Å². The lowest BCUT2D eigenvalue weighted by Gasteiger charge is -2.15. The van der Waals surface area contributed by atoms with Gasteiger partial charge in [-0.2, -0.15) is 13.2 Å². The summed E-state index contributed by atoms with van der Waals surface area (Å²) in [6.07, 6.45) is -9.83. The Morgan fingerprint density at radius 2 is 1.74 bits per heavy atom. The summed E-state index contributed by atoms with van der Waals surface area (Å²) in [5.41, 5.74) is -3.63. The molecule has 0 atom stereocenters. The summed E-state index contributed by atoms with van der Waals surface area (Å²) in [7, 11) is 1.10. The van der Waals surface area contributed by atoms with Gasteiger partial charge in [0.05, 0.1) is 16.8 Å². The number of nitrogens with zero attached hydrogens (tertiary/aromatic N) is 1. The average molecular weight is 504 g/mol. The first-order chi connectivity index (χ1) is 16.2. The molecule has 0 radical (unpaired) electrons. The van der Waals surface area contributed by atoms with E-state index in [2.05, 4.69) is 10.1 Å². The minimum absolute atomic E-state index is 0.170. The molecule has 1 heterocycles. The first-order valence-corrected chi connectivity index (χ1v) is 9.60. The number of benzene rings is 2. The van der Waals surface area contributed by atoms with E-state index in [0.29, 0.717) is 6.07 Å². The molecule has 2 aromatic carbocycles. The maximum Gasteiger partial charge on any atom is 0.573 e. The van der Waals surface area contributed by atoms with Crippen molar-refractivity contribution < 1.29 is 45.4 Å². The second-order valence-corrected chi connectivity index (χ2v) is 7.26. The lowest BCUT2D eigenvalue weighted by molar-refractivity contribution is -0.274. The van der Waals surface area contributed by atoms with E-state index in [9.17, 15) is 45.4 Å². The number of alkyl halides is 6. The molecular weight excluding hydrogens is 489 g/mol. The van der Waals surface area contributed by atoms with Gasteiger partial charge in [-0.15, -0.1) is 13.2 Å². The van der Waals surface area contributed by atoms with E-state index in [1.54, 1.807) is 0 Å². The van der Waals surface area contributed by atoms with Gasteiger partial charge in [0, 0.05) is 19.2 Å². The van der Waals surface area contributed by atoms with E-state index >= 15 is 0 Å². The van der Waals surface area contributed by atoms with Crippen LogP contribution in [0.15, 0.2) is 53.3 Å². The van der Waals surface area contributed by atoms with Gasteiger partial charge in [0.1, 0.15) is 11.6 Å². The fourth-order valence-electron chi connectivity index (χ4n) is 3.17. The van der Waals surface area contributed by atoms with E-state index in [1.807, 2.05) is 0 Å². The molecule has 0 fully saturated rings. The van der Waals surface area contributed by atoms with Crippen LogP contribution in [0.25, 0.3) is 11.3 Å². The van der Waals surface area contributed by atoms with Gasteiger partial charge in [-0.1, -0.05) is 12.1 Å². The van der Waals surface area contributed by atoms with Crippen molar-refractivity contribution in [3.63, 3.8) is 0 Å². The van der Waals surface area contributed by atoms with Crippen LogP contribution in [-0.2, 0) is 19.8 Å². The first-order valence-electron chi connectivity index (χ1n) is 9.60. The number of nitrogens with one attached hydrogen (secondary N) is 1. The normalized spacial score (nSPS) is 11.9. The Bertz CT molecular complexity index is 1330. The number of ether oxygens (including phenoxy) is 1. The van der Waals surface area contributed by atoms with Crippen molar-refractivity contribution in [2.75, 3.05) is 0 Å². The van der Waals surface area contributed by atoms with Crippen LogP contribution in [0, 0.1) is 5.82 Å². The van der Waals surface area contributed by atoms with E-state index in [-0.39, 0.29) is 29.4 Å². The third kappa shape index (κ3) is 6.11. The van der Waals surface area contributed by atoms with Crippen LogP contribution in [0.4, 0.5) is 30.7 Å². The topological polar surface area (TPSA) is 80.6 Å². The molecule has 0 saturated carbocycles. The number of hydrogen-bond acceptors (Lipinski definition) is 4. The van der Waals surface area contributed by atoms with E-state index in [4.69, 9.17) is 0 Å². The molecule has 3 aromatic rings. The summed E-state index contributed by atoms with van der Waals surface area (Å²) >= 11 is 0. The van der Waals surface area contributed by atoms with Crippen LogP contribution >= 0.6 is 0 Å². The highest BCUT2D eigenvalue weighted by Gasteiger charge is 2.32. The molecule has 35 heavy (non-hydrogen) atoms.